The average Bonchev–Trinajstić information content (AvgIpc) is 2.96. The van der Waals surface area contributed by atoms with E-state index < -0.39 is 0 Å². The van der Waals surface area contributed by atoms with E-state index in [4.69, 9.17) is 4.99 Å². The summed E-state index contributed by atoms with van der Waals surface area (Å²) < 4.78 is 1.18. The average molecular weight is 444 g/mol. The van der Waals surface area contributed by atoms with Gasteiger partial charge in [-0.3, -0.25) is 0 Å². The van der Waals surface area contributed by atoms with Gasteiger partial charge in [0.05, 0.1) is 0 Å². The normalized spacial score (nSPS) is 13.6. The van der Waals surface area contributed by atoms with E-state index >= 15 is 0 Å². The second kappa shape index (κ2) is 4.50. The fourth-order valence-electron chi connectivity index (χ4n) is 2.76. The third-order valence-electron chi connectivity index (χ3n) is 3.77. The number of aromatic amines is 1. The van der Waals surface area contributed by atoms with Crippen molar-refractivity contribution in [3.63, 3.8) is 0 Å². The van der Waals surface area contributed by atoms with Crippen molar-refractivity contribution in [2.24, 2.45) is 4.99 Å². The van der Waals surface area contributed by atoms with Gasteiger partial charge in [0.25, 0.3) is 0 Å². The Morgan fingerprint density at radius 1 is 1.14 bits per heavy atom. The first-order valence-electron chi connectivity index (χ1n) is 6.69. The second-order valence-corrected chi connectivity index (χ2v) is 6.67. The third kappa shape index (κ3) is 1.85. The molecule has 2 aromatic carbocycles. The molecule has 4 rings (SSSR count). The molecule has 0 saturated heterocycles. The second-order valence-electron chi connectivity index (χ2n) is 5.20. The molecule has 0 atom stereocenters. The van der Waals surface area contributed by atoms with Crippen LogP contribution in [0.5, 0.6) is 5.88 Å². The number of rotatable bonds is 1. The van der Waals surface area contributed by atoms with Crippen molar-refractivity contribution in [3.05, 3.63) is 59.2 Å². The Bertz CT molecular complexity index is 937. The zero-order valence-corrected chi connectivity index (χ0v) is 14.3. The Morgan fingerprint density at radius 3 is 2.76 bits per heavy atom. The molecule has 3 aromatic rings. The van der Waals surface area contributed by atoms with Crippen LogP contribution < -0.4 is 0 Å². The van der Waals surface area contributed by atoms with Crippen molar-refractivity contribution in [1.82, 2.24) is 4.98 Å². The number of hydrogen-bond donors (Lipinski definition) is 2. The molecule has 1 aromatic heterocycles. The number of aromatic hydroxyl groups is 1. The van der Waals surface area contributed by atoms with Crippen LogP contribution in [0.1, 0.15) is 16.7 Å². The number of aliphatic imine (C=N–C) groups is 1. The quantitative estimate of drug-likeness (QED) is 0.595. The first kappa shape index (κ1) is 12.7. The number of H-pyrrole nitrogens is 1. The molecule has 0 radical (unpaired) electrons. The van der Waals surface area contributed by atoms with Gasteiger partial charge in [-0.05, 0) is 0 Å². The Balaban J connectivity index is 1.99. The van der Waals surface area contributed by atoms with E-state index in [0.29, 0.717) is 0 Å². The van der Waals surface area contributed by atoms with Gasteiger partial charge in [-0.2, -0.15) is 0 Å². The molecular formula is C17H12N2OW. The molecule has 102 valence electrons. The molecule has 0 amide bonds. The van der Waals surface area contributed by atoms with Crippen LogP contribution in [0.4, 0.5) is 5.69 Å². The van der Waals surface area contributed by atoms with Crippen LogP contribution in [0.25, 0.3) is 10.9 Å². The predicted octanol–water partition coefficient (Wildman–Crippen LogP) is 3.38. The van der Waals surface area contributed by atoms with E-state index in [1.54, 1.807) is 0 Å². The summed E-state index contributed by atoms with van der Waals surface area (Å²) >= 11 is 1.36. The van der Waals surface area contributed by atoms with Gasteiger partial charge in [0.15, 0.2) is 0 Å². The minimum absolute atomic E-state index is 0.195. The molecule has 1 aliphatic heterocycles. The van der Waals surface area contributed by atoms with E-state index in [9.17, 15) is 5.11 Å². The molecule has 4 heteroatoms. The molecule has 0 saturated carbocycles. The van der Waals surface area contributed by atoms with Gasteiger partial charge >= 0.3 is 133 Å². The first-order chi connectivity index (χ1) is 10.1. The number of aryl methyl sites for hydroxylation is 1. The summed E-state index contributed by atoms with van der Waals surface area (Å²) in [5.74, 6) is 0.195. The van der Waals surface area contributed by atoms with Crippen LogP contribution >= 0.6 is 0 Å². The summed E-state index contributed by atoms with van der Waals surface area (Å²) in [5, 5.41) is 11.4. The molecule has 2 heterocycles. The summed E-state index contributed by atoms with van der Waals surface area (Å²) in [6, 6.07) is 14.3. The Kier molecular flexibility index (Phi) is 2.73. The number of aromatic nitrogens is 1. The number of hydrogen-bond acceptors (Lipinski definition) is 2. The number of fused-ring (bicyclic) bond motifs is 2. The van der Waals surface area contributed by atoms with Crippen LogP contribution in [-0.4, -0.2) is 19.7 Å². The van der Waals surface area contributed by atoms with E-state index in [-0.39, 0.29) is 5.88 Å². The molecule has 0 spiro atoms. The molecule has 2 N–H and O–H groups in total. The summed E-state index contributed by atoms with van der Waals surface area (Å²) in [4.78, 5) is 7.79. The van der Waals surface area contributed by atoms with E-state index in [0.717, 1.165) is 27.9 Å². The molecule has 0 aliphatic carbocycles. The topological polar surface area (TPSA) is 48.4 Å². The van der Waals surface area contributed by atoms with Gasteiger partial charge in [-0.1, -0.05) is 0 Å². The molecule has 21 heavy (non-hydrogen) atoms. The fourth-order valence-corrected chi connectivity index (χ4v) is 3.91. The zero-order chi connectivity index (χ0) is 14.6. The summed E-state index contributed by atoms with van der Waals surface area (Å²) in [7, 11) is 0. The van der Waals surface area contributed by atoms with Gasteiger partial charge in [0, 0.05) is 0 Å². The number of nitrogens with one attached hydrogen (secondary N) is 1. The zero-order valence-electron chi connectivity index (χ0n) is 11.3. The van der Waals surface area contributed by atoms with Crippen LogP contribution in [-0.2, 0) is 19.4 Å². The number of benzene rings is 2. The van der Waals surface area contributed by atoms with E-state index in [1.165, 1.54) is 34.4 Å². The molecular weight excluding hydrogens is 432 g/mol. The van der Waals surface area contributed by atoms with Crippen molar-refractivity contribution in [3.8, 4) is 5.88 Å². The van der Waals surface area contributed by atoms with Crippen molar-refractivity contribution < 1.29 is 24.5 Å². The van der Waals surface area contributed by atoms with Crippen LogP contribution in [0.15, 0.2) is 47.5 Å². The van der Waals surface area contributed by atoms with Gasteiger partial charge in [-0.25, -0.2) is 0 Å². The summed E-state index contributed by atoms with van der Waals surface area (Å²) in [6.45, 7) is 2.06. The van der Waals surface area contributed by atoms with Crippen molar-refractivity contribution in [2.45, 2.75) is 6.92 Å². The molecule has 0 unspecified atom stereocenters. The first-order valence-corrected chi connectivity index (χ1v) is 8.16. The van der Waals surface area contributed by atoms with Gasteiger partial charge < -0.3 is 0 Å². The molecule has 3 nitrogen and oxygen atoms in total. The monoisotopic (exact) mass is 444 g/mol. The van der Waals surface area contributed by atoms with Gasteiger partial charge in [0.2, 0.25) is 0 Å². The standard InChI is InChI=1S/C17H12N2O.W/c1-10-6-7-14-12(8-10)16(17(20)19-14)15-9-11-4-2-3-5-13(11)18-15;/h2-8,19-20H,1H3;. The Hall–Kier alpha value is -1.99. The Labute approximate surface area is 132 Å². The third-order valence-corrected chi connectivity index (χ3v) is 5.25. The maximum absolute atomic E-state index is 10.3. The van der Waals surface area contributed by atoms with Gasteiger partial charge in [0.1, 0.15) is 0 Å². The van der Waals surface area contributed by atoms with Crippen molar-refractivity contribution >= 4 is 26.2 Å². The SMILES string of the molecule is Cc1ccc2[nH]c(O)c(C3=Nc4ccccc4[C]3=[W])c2c1. The Morgan fingerprint density at radius 2 is 1.95 bits per heavy atom. The van der Waals surface area contributed by atoms with Crippen LogP contribution in [0.2, 0.25) is 0 Å². The van der Waals surface area contributed by atoms with Crippen LogP contribution in [0, 0.1) is 6.92 Å². The molecule has 0 bridgehead atoms. The molecule has 0 fully saturated rings. The van der Waals surface area contributed by atoms with Crippen molar-refractivity contribution in [2.75, 3.05) is 0 Å². The number of nitrogens with zero attached hydrogens (tertiary/aromatic N) is 1. The summed E-state index contributed by atoms with van der Waals surface area (Å²) in [5.41, 5.74) is 5.97. The van der Waals surface area contributed by atoms with Crippen LogP contribution in [0.3, 0.4) is 0 Å². The summed E-state index contributed by atoms with van der Waals surface area (Å²) in [6.07, 6.45) is 0. The molecule has 1 aliphatic rings. The number of para-hydroxylation sites is 1. The predicted molar refractivity (Wildman–Crippen MR) is 81.4 cm³/mol. The van der Waals surface area contributed by atoms with Gasteiger partial charge in [-0.15, -0.1) is 0 Å². The fraction of sp³-hybridized carbons (Fsp3) is 0.0588. The van der Waals surface area contributed by atoms with Crippen molar-refractivity contribution in [1.29, 1.82) is 0 Å². The minimum atomic E-state index is 0.195. The maximum atomic E-state index is 10.3. The van der Waals surface area contributed by atoms with E-state index in [2.05, 4.69) is 24.0 Å². The van der Waals surface area contributed by atoms with E-state index in [1.807, 2.05) is 30.3 Å².